The number of nitrogen functional groups attached to an aromatic ring is 1. The van der Waals surface area contributed by atoms with Gasteiger partial charge in [0, 0.05) is 96.9 Å². The molecule has 0 spiro atoms. The molecule has 0 radical (unpaired) electrons. The Kier molecular flexibility index (Phi) is 19.7. The second kappa shape index (κ2) is 26.3. The number of benzene rings is 4. The Morgan fingerprint density at radius 3 is 1.66 bits per heavy atom. The highest BCUT2D eigenvalue weighted by Gasteiger charge is 2.20. The van der Waals surface area contributed by atoms with Gasteiger partial charge in [0.2, 0.25) is 24.8 Å². The number of nitrogens with zero attached hydrogens (tertiary/aromatic N) is 8. The fraction of sp³-hybridized carbons (Fsp3) is 0.231. The quantitative estimate of drug-likeness (QED) is 0.0533. The Labute approximate surface area is 440 Å². The molecule has 380 valence electrons. The summed E-state index contributed by atoms with van der Waals surface area (Å²) in [5, 5.41) is 31.4. The molecule has 5 N–H and O–H groups in total. The van der Waals surface area contributed by atoms with Crippen molar-refractivity contribution < 1.29 is 38.7 Å². The maximum absolute atomic E-state index is 12.7. The second-order valence-electron chi connectivity index (χ2n) is 16.7. The van der Waals surface area contributed by atoms with Crippen LogP contribution in [-0.2, 0) is 22.4 Å². The number of aliphatic hydroxyl groups is 2. The number of rotatable bonds is 16. The Balaban J connectivity index is 0.000000200. The minimum Gasteiger partial charge on any atom is -0.454 e. The molecule has 2 aliphatic rings. The first-order valence-corrected chi connectivity index (χ1v) is 23.0. The number of aromatic nitrogens is 8. The zero-order valence-electron chi connectivity index (χ0n) is 39.9. The lowest BCUT2D eigenvalue weighted by atomic mass is 9.93. The van der Waals surface area contributed by atoms with E-state index in [0.29, 0.717) is 41.6 Å². The second-order valence-corrected chi connectivity index (χ2v) is 17.0. The minimum absolute atomic E-state index is 0. The molecule has 0 bridgehead atoms. The third kappa shape index (κ3) is 14.8. The SMILES string of the molecule is Cc1cnc(Cl)nc1-n1cc(CC(=O)C[C@H](CO)c2ccccc2)cn1.Cc1cnc(Nc2ccc3c(c2)OCO3)nc1-n1cc(CC(=O)C[C@H](CO)c2ccccc2)cn1.Nc1ccc2c(c1)OCO2.S.S. The van der Waals surface area contributed by atoms with Crippen molar-refractivity contribution >= 4 is 67.5 Å². The number of ketones is 2. The van der Waals surface area contributed by atoms with E-state index in [-0.39, 0.29) is 101 Å². The molecule has 0 amide bonds. The first-order valence-electron chi connectivity index (χ1n) is 22.6. The summed E-state index contributed by atoms with van der Waals surface area (Å²) in [6.45, 7) is 4.14. The standard InChI is InChI=1S/C26H25N5O4.C19H19ClN4O2.C7H7NO2.2H2S/c1-17-12-27-26(29-21-7-8-23-24(11-21)35-16-34-23)30-25(17)31-14-18(13-28-31)9-22(33)10-20(15-32)19-5-3-2-4-6-19;1-13-9-21-19(20)23-18(13)24-11-14(10-22-24)7-17(26)8-16(12-25)15-5-3-2-4-6-15;8-5-1-2-6-7(3-5)10-4-9-6;;/h2-8,11-14,20,32H,9-10,15-16H2,1H3,(H,27,29,30);2-6,9-11,16,25H,7-8,12H2,1H3;1-3H,4,8H2;2*1H2/t20-;16-;;;/m11.../s1. The molecule has 4 aromatic heterocycles. The van der Waals surface area contributed by atoms with Crippen LogP contribution in [0.25, 0.3) is 11.6 Å². The first-order chi connectivity index (χ1) is 34.5. The molecule has 2 aliphatic heterocycles. The summed E-state index contributed by atoms with van der Waals surface area (Å²) in [7, 11) is 0. The number of anilines is 3. The molecule has 0 saturated heterocycles. The molecular formula is C52H55ClN10O8S2. The van der Waals surface area contributed by atoms with Crippen molar-refractivity contribution in [1.29, 1.82) is 0 Å². The predicted molar refractivity (Wildman–Crippen MR) is 286 cm³/mol. The largest absolute Gasteiger partial charge is 0.454 e. The number of carbonyl (C=O) groups is 2. The van der Waals surface area contributed by atoms with Gasteiger partial charge in [0.25, 0.3) is 0 Å². The average molecular weight is 1050 g/mol. The van der Waals surface area contributed by atoms with Crippen LogP contribution in [-0.4, -0.2) is 88.1 Å². The van der Waals surface area contributed by atoms with E-state index in [1.54, 1.807) is 64.7 Å². The number of halogens is 1. The number of aryl methyl sites for hydroxylation is 2. The van der Waals surface area contributed by atoms with Gasteiger partial charge in [-0.25, -0.2) is 19.3 Å². The number of ether oxygens (including phenoxy) is 4. The fourth-order valence-corrected chi connectivity index (χ4v) is 7.82. The smallest absolute Gasteiger partial charge is 0.231 e. The van der Waals surface area contributed by atoms with E-state index >= 15 is 0 Å². The van der Waals surface area contributed by atoms with E-state index < -0.39 is 0 Å². The van der Waals surface area contributed by atoms with Gasteiger partial charge in [0.1, 0.15) is 11.6 Å². The summed E-state index contributed by atoms with van der Waals surface area (Å²) in [5.74, 6) is 4.16. The molecule has 2 atom stereocenters. The molecule has 0 unspecified atom stereocenters. The molecule has 8 aromatic rings. The lowest BCUT2D eigenvalue weighted by Crippen LogP contribution is -2.12. The summed E-state index contributed by atoms with van der Waals surface area (Å²) < 4.78 is 24.2. The number of nitrogens with two attached hydrogens (primary N) is 1. The molecule has 4 aromatic carbocycles. The summed E-state index contributed by atoms with van der Waals surface area (Å²) >= 11 is 5.85. The number of carbonyl (C=O) groups excluding carboxylic acids is 2. The van der Waals surface area contributed by atoms with Crippen LogP contribution in [0.2, 0.25) is 5.28 Å². The van der Waals surface area contributed by atoms with Crippen molar-refractivity contribution in [3.63, 3.8) is 0 Å². The Bertz CT molecular complexity index is 3090. The van der Waals surface area contributed by atoms with E-state index in [1.165, 1.54) is 0 Å². The Morgan fingerprint density at radius 1 is 0.644 bits per heavy atom. The summed E-state index contributed by atoms with van der Waals surface area (Å²) in [6, 6.07) is 30.0. The normalized spacial score (nSPS) is 12.4. The third-order valence-corrected chi connectivity index (χ3v) is 11.5. The number of hydrogen-bond acceptors (Lipinski definition) is 16. The van der Waals surface area contributed by atoms with E-state index in [2.05, 4.69) is 35.5 Å². The number of aliphatic hydroxyl groups excluding tert-OH is 2. The van der Waals surface area contributed by atoms with E-state index in [4.69, 9.17) is 36.3 Å². The molecule has 10 rings (SSSR count). The maximum Gasteiger partial charge on any atom is 0.231 e. The highest BCUT2D eigenvalue weighted by Crippen LogP contribution is 2.35. The van der Waals surface area contributed by atoms with Crippen molar-refractivity contribution in [3.8, 4) is 34.6 Å². The van der Waals surface area contributed by atoms with Crippen LogP contribution in [0.3, 0.4) is 0 Å². The minimum atomic E-state index is -0.215. The third-order valence-electron chi connectivity index (χ3n) is 11.3. The van der Waals surface area contributed by atoms with Crippen LogP contribution in [0.4, 0.5) is 17.3 Å². The molecular weight excluding hydrogens is 992 g/mol. The molecule has 21 heteroatoms. The van der Waals surface area contributed by atoms with Crippen molar-refractivity contribution in [2.75, 3.05) is 37.9 Å². The van der Waals surface area contributed by atoms with Crippen molar-refractivity contribution in [2.45, 2.75) is 51.4 Å². The van der Waals surface area contributed by atoms with E-state index in [0.717, 1.165) is 50.6 Å². The van der Waals surface area contributed by atoms with Gasteiger partial charge in [-0.1, -0.05) is 60.7 Å². The zero-order valence-corrected chi connectivity index (χ0v) is 42.6. The van der Waals surface area contributed by atoms with Gasteiger partial charge in [-0.05, 0) is 72.0 Å². The van der Waals surface area contributed by atoms with Crippen molar-refractivity contribution in [2.24, 2.45) is 0 Å². The van der Waals surface area contributed by atoms with Crippen LogP contribution in [0.15, 0.2) is 134 Å². The number of Topliss-reactive ketones (excluding diaryl/α,β-unsaturated/α-hetero) is 2. The molecule has 0 saturated carbocycles. The van der Waals surface area contributed by atoms with Crippen molar-refractivity contribution in [1.82, 2.24) is 39.5 Å². The summed E-state index contributed by atoms with van der Waals surface area (Å²) in [6.07, 6.45) is 11.3. The topological polar surface area (TPSA) is 237 Å². The van der Waals surface area contributed by atoms with Crippen LogP contribution in [0.5, 0.6) is 23.0 Å². The fourth-order valence-electron chi connectivity index (χ4n) is 7.70. The van der Waals surface area contributed by atoms with Crippen LogP contribution < -0.4 is 30.0 Å². The lowest BCUT2D eigenvalue weighted by Gasteiger charge is -2.13. The van der Waals surface area contributed by atoms with Crippen LogP contribution >= 0.6 is 38.6 Å². The summed E-state index contributed by atoms with van der Waals surface area (Å²) in [5.41, 5.74) is 12.1. The maximum atomic E-state index is 12.7. The van der Waals surface area contributed by atoms with E-state index in [1.807, 2.05) is 92.7 Å². The molecule has 0 fully saturated rings. The molecule has 73 heavy (non-hydrogen) atoms. The van der Waals surface area contributed by atoms with Gasteiger partial charge in [-0.3, -0.25) is 9.59 Å². The van der Waals surface area contributed by atoms with Gasteiger partial charge >= 0.3 is 0 Å². The number of fused-ring (bicyclic) bond motifs is 2. The zero-order chi connectivity index (χ0) is 49.7. The molecule has 0 aliphatic carbocycles. The van der Waals surface area contributed by atoms with Crippen molar-refractivity contribution in [3.05, 3.63) is 173 Å². The van der Waals surface area contributed by atoms with Gasteiger partial charge in [0.15, 0.2) is 34.6 Å². The van der Waals surface area contributed by atoms with Gasteiger partial charge in [0.05, 0.1) is 25.6 Å². The van der Waals surface area contributed by atoms with Crippen LogP contribution in [0.1, 0.15) is 58.1 Å². The highest BCUT2D eigenvalue weighted by atomic mass is 35.5. The monoisotopic (exact) mass is 1050 g/mol. The average Bonchev–Trinajstić information content (AvgIpc) is 4.24. The Hall–Kier alpha value is -7.49. The molecule has 6 heterocycles. The van der Waals surface area contributed by atoms with Crippen LogP contribution in [0, 0.1) is 13.8 Å². The van der Waals surface area contributed by atoms with Gasteiger partial charge in [-0.15, -0.1) is 0 Å². The number of nitrogens with one attached hydrogen (secondary N) is 1. The number of hydrogen-bond donors (Lipinski definition) is 4. The molecule has 18 nitrogen and oxygen atoms in total. The highest BCUT2D eigenvalue weighted by molar-refractivity contribution is 7.59. The Morgan fingerprint density at radius 2 is 1.12 bits per heavy atom. The first kappa shape index (κ1) is 54.8. The van der Waals surface area contributed by atoms with E-state index in [9.17, 15) is 19.8 Å². The summed E-state index contributed by atoms with van der Waals surface area (Å²) in [4.78, 5) is 42.2. The predicted octanol–water partition coefficient (Wildman–Crippen LogP) is 7.85. The van der Waals surface area contributed by atoms with Gasteiger partial charge < -0.3 is 40.2 Å². The van der Waals surface area contributed by atoms with Gasteiger partial charge in [-0.2, -0.15) is 47.2 Å². The lowest BCUT2D eigenvalue weighted by molar-refractivity contribution is -0.119.